The van der Waals surface area contributed by atoms with Crippen LogP contribution in [0.25, 0.3) is 0 Å². The number of rotatable bonds is 4. The van der Waals surface area contributed by atoms with E-state index in [1.165, 1.54) is 0 Å². The third kappa shape index (κ3) is 3.60. The van der Waals surface area contributed by atoms with Gasteiger partial charge in [-0.2, -0.15) is 0 Å². The van der Waals surface area contributed by atoms with Crippen LogP contribution in [0.15, 0.2) is 0 Å². The average Bonchev–Trinajstić information content (AvgIpc) is 2.33. The molecule has 1 aromatic rings. The van der Waals surface area contributed by atoms with Crippen molar-refractivity contribution in [3.8, 4) is 0 Å². The van der Waals surface area contributed by atoms with Gasteiger partial charge in [-0.25, -0.2) is 4.79 Å². The summed E-state index contributed by atoms with van der Waals surface area (Å²) in [6.45, 7) is -0.0934. The third-order valence-electron chi connectivity index (χ3n) is 2.19. The quantitative estimate of drug-likeness (QED) is 0.309. The van der Waals surface area contributed by atoms with Gasteiger partial charge in [0.15, 0.2) is 0 Å². The van der Waals surface area contributed by atoms with Crippen molar-refractivity contribution in [1.29, 1.82) is 0 Å². The fraction of sp³-hybridized carbons (Fsp3) is 0.200. The summed E-state index contributed by atoms with van der Waals surface area (Å²) >= 11 is 5.59. The number of aromatic carboxylic acids is 1. The van der Waals surface area contributed by atoms with Crippen LogP contribution in [0, 0.1) is 10.7 Å². The molecule has 5 N–H and O–H groups in total. The van der Waals surface area contributed by atoms with Crippen LogP contribution in [0.5, 0.6) is 0 Å². The van der Waals surface area contributed by atoms with E-state index >= 15 is 0 Å². The van der Waals surface area contributed by atoms with Gasteiger partial charge in [0.1, 0.15) is 0 Å². The number of nitrogen functional groups attached to an aromatic ring is 1. The fourth-order valence-electron chi connectivity index (χ4n) is 1.33. The molecule has 0 aliphatic heterocycles. The molecule has 0 bridgehead atoms. The number of hydrogen-bond donors (Lipinski definition) is 4. The topological polar surface area (TPSA) is 113 Å². The van der Waals surface area contributed by atoms with Crippen molar-refractivity contribution in [1.82, 2.24) is 5.32 Å². The summed E-state index contributed by atoms with van der Waals surface area (Å²) in [6.07, 6.45) is 0. The zero-order valence-electron chi connectivity index (χ0n) is 9.34. The number of anilines is 1. The Morgan fingerprint density at radius 1 is 1.11 bits per heavy atom. The molecule has 9 heteroatoms. The lowest BCUT2D eigenvalue weighted by Gasteiger charge is -2.14. The zero-order chi connectivity index (χ0) is 14.7. The van der Waals surface area contributed by atoms with Crippen LogP contribution >= 0.6 is 67.8 Å². The van der Waals surface area contributed by atoms with E-state index in [2.05, 4.69) is 5.32 Å². The maximum atomic E-state index is 12.0. The molecule has 0 radical (unpaired) electrons. The van der Waals surface area contributed by atoms with Gasteiger partial charge in [-0.15, -0.1) is 0 Å². The second-order valence-electron chi connectivity index (χ2n) is 3.39. The number of aliphatic hydroxyl groups is 1. The number of carboxylic acids is 1. The van der Waals surface area contributed by atoms with Gasteiger partial charge >= 0.3 is 5.97 Å². The maximum absolute atomic E-state index is 12.0. The second kappa shape index (κ2) is 7.21. The maximum Gasteiger partial charge on any atom is 0.337 e. The Hall–Kier alpha value is 0.110. The molecule has 0 aromatic heterocycles. The highest BCUT2D eigenvalue weighted by Gasteiger charge is 2.26. The minimum absolute atomic E-state index is 0.0215. The van der Waals surface area contributed by atoms with E-state index in [1.54, 1.807) is 0 Å². The summed E-state index contributed by atoms with van der Waals surface area (Å²) in [6, 6.07) is 0. The van der Waals surface area contributed by atoms with Crippen LogP contribution in [0.4, 0.5) is 5.69 Å². The molecular weight excluding hydrogens is 593 g/mol. The smallest absolute Gasteiger partial charge is 0.337 e. The fourth-order valence-corrected chi connectivity index (χ4v) is 5.45. The van der Waals surface area contributed by atoms with Crippen LogP contribution < -0.4 is 11.1 Å². The van der Waals surface area contributed by atoms with E-state index in [4.69, 9.17) is 10.8 Å². The van der Waals surface area contributed by atoms with Crippen LogP contribution in [-0.2, 0) is 0 Å². The Labute approximate surface area is 149 Å². The normalized spacial score (nSPS) is 10.3. The third-order valence-corrected chi connectivity index (χ3v) is 5.51. The molecule has 0 unspecified atom stereocenters. The van der Waals surface area contributed by atoms with Crippen molar-refractivity contribution in [2.24, 2.45) is 0 Å². The van der Waals surface area contributed by atoms with Gasteiger partial charge in [-0.1, -0.05) is 0 Å². The molecule has 0 atom stereocenters. The van der Waals surface area contributed by atoms with Gasteiger partial charge in [0.25, 0.3) is 5.91 Å². The lowest BCUT2D eigenvalue weighted by atomic mass is 10.1. The van der Waals surface area contributed by atoms with Crippen LogP contribution in [0.2, 0.25) is 0 Å². The first-order valence-corrected chi connectivity index (χ1v) is 8.14. The second-order valence-corrected chi connectivity index (χ2v) is 6.63. The summed E-state index contributed by atoms with van der Waals surface area (Å²) in [7, 11) is 0. The number of carboxylic acid groups (broad SMARTS) is 1. The molecule has 0 fully saturated rings. The number of amides is 1. The highest BCUT2D eigenvalue weighted by molar-refractivity contribution is 14.1. The Morgan fingerprint density at radius 2 is 1.63 bits per heavy atom. The van der Waals surface area contributed by atoms with Crippen LogP contribution in [-0.4, -0.2) is 35.2 Å². The predicted octanol–water partition coefficient (Wildman–Crippen LogP) is 1.50. The number of benzene rings is 1. The Morgan fingerprint density at radius 3 is 2.11 bits per heavy atom. The molecule has 1 aromatic carbocycles. The van der Waals surface area contributed by atoms with E-state index in [-0.39, 0.29) is 30.0 Å². The van der Waals surface area contributed by atoms with E-state index in [9.17, 15) is 14.7 Å². The summed E-state index contributed by atoms with van der Waals surface area (Å²) in [4.78, 5) is 23.3. The van der Waals surface area contributed by atoms with Gasteiger partial charge in [0.05, 0.1) is 30.6 Å². The van der Waals surface area contributed by atoms with Crippen molar-refractivity contribution in [2.45, 2.75) is 0 Å². The Balaban J connectivity index is 3.48. The molecular formula is C10H9I3N2O4. The summed E-state index contributed by atoms with van der Waals surface area (Å²) < 4.78 is 1.26. The van der Waals surface area contributed by atoms with Crippen LogP contribution in [0.1, 0.15) is 20.7 Å². The van der Waals surface area contributed by atoms with Gasteiger partial charge < -0.3 is 21.3 Å². The van der Waals surface area contributed by atoms with Gasteiger partial charge in [0, 0.05) is 10.1 Å². The van der Waals surface area contributed by atoms with Crippen molar-refractivity contribution >= 4 is 85.3 Å². The van der Waals surface area contributed by atoms with Gasteiger partial charge in [-0.3, -0.25) is 4.79 Å². The van der Waals surface area contributed by atoms with E-state index < -0.39 is 11.9 Å². The van der Waals surface area contributed by atoms with Crippen molar-refractivity contribution in [3.63, 3.8) is 0 Å². The number of halogens is 3. The number of carbonyl (C=O) groups excluding carboxylic acids is 1. The number of aliphatic hydroxyl groups excluding tert-OH is 1. The summed E-state index contributed by atoms with van der Waals surface area (Å²) in [5.41, 5.74) is 6.37. The molecule has 0 saturated heterocycles. The molecule has 104 valence electrons. The van der Waals surface area contributed by atoms with E-state index in [1.807, 2.05) is 67.8 Å². The Bertz CT molecular complexity index is 548. The highest BCUT2D eigenvalue weighted by Crippen LogP contribution is 2.33. The minimum Gasteiger partial charge on any atom is -0.478 e. The largest absolute Gasteiger partial charge is 0.478 e. The number of hydrogen-bond acceptors (Lipinski definition) is 4. The predicted molar refractivity (Wildman–Crippen MR) is 95.4 cm³/mol. The van der Waals surface area contributed by atoms with Gasteiger partial charge in [-0.05, 0) is 67.8 Å². The van der Waals surface area contributed by atoms with Crippen molar-refractivity contribution in [2.75, 3.05) is 18.9 Å². The molecule has 6 nitrogen and oxygen atoms in total. The minimum atomic E-state index is -1.13. The zero-order valence-corrected chi connectivity index (χ0v) is 15.8. The van der Waals surface area contributed by atoms with Gasteiger partial charge in [0.2, 0.25) is 0 Å². The summed E-state index contributed by atoms with van der Waals surface area (Å²) in [5, 5.41) is 20.4. The molecule has 0 spiro atoms. The standard InChI is InChI=1S/C10H9I3N2O4/c11-5-3(9(17)15-1-2-16)6(12)8(14)7(13)4(5)10(18)19/h16H,1-2,14H2,(H,15,17)(H,18,19). The Kier molecular flexibility index (Phi) is 6.52. The highest BCUT2D eigenvalue weighted by atomic mass is 127. The molecule has 0 aliphatic rings. The first-order valence-electron chi connectivity index (χ1n) is 4.91. The average molecular weight is 602 g/mol. The monoisotopic (exact) mass is 602 g/mol. The SMILES string of the molecule is Nc1c(I)c(C(=O)O)c(I)c(C(=O)NCCO)c1I. The van der Waals surface area contributed by atoms with Crippen molar-refractivity contribution < 1.29 is 19.8 Å². The molecule has 0 saturated carbocycles. The molecule has 1 amide bonds. The lowest BCUT2D eigenvalue weighted by molar-refractivity contribution is 0.0694. The number of carbonyl (C=O) groups is 2. The van der Waals surface area contributed by atoms with E-state index in [0.29, 0.717) is 10.7 Å². The number of nitrogens with one attached hydrogen (secondary N) is 1. The molecule has 0 aliphatic carbocycles. The first-order chi connectivity index (χ1) is 8.82. The molecule has 0 heterocycles. The molecule has 1 rings (SSSR count). The van der Waals surface area contributed by atoms with E-state index in [0.717, 1.165) is 0 Å². The van der Waals surface area contributed by atoms with Crippen LogP contribution in [0.3, 0.4) is 0 Å². The number of nitrogens with two attached hydrogens (primary N) is 1. The summed E-state index contributed by atoms with van der Waals surface area (Å²) in [5.74, 6) is -1.58. The van der Waals surface area contributed by atoms with Crippen molar-refractivity contribution in [3.05, 3.63) is 21.8 Å². The lowest BCUT2D eigenvalue weighted by Crippen LogP contribution is -2.29. The molecule has 19 heavy (non-hydrogen) atoms. The first kappa shape index (κ1) is 17.2.